The third-order valence-corrected chi connectivity index (χ3v) is 5.23. The summed E-state index contributed by atoms with van der Waals surface area (Å²) < 4.78 is 27.9. The molecule has 140 valence electrons. The Morgan fingerprint density at radius 2 is 1.89 bits per heavy atom. The lowest BCUT2D eigenvalue weighted by Gasteiger charge is -2.07. The smallest absolute Gasteiger partial charge is 0.340 e. The van der Waals surface area contributed by atoms with Crippen LogP contribution >= 0.6 is 11.6 Å². The largest absolute Gasteiger partial charge is 0.454 e. The maximum atomic E-state index is 12.5. The molecular weight excluding hydrogens is 392 g/mol. The van der Waals surface area contributed by atoms with Crippen molar-refractivity contribution in [3.05, 3.63) is 64.3 Å². The Labute approximate surface area is 160 Å². The number of carbonyl (C=O) groups is 2. The second kappa shape index (κ2) is 7.15. The number of aromatic nitrogens is 1. The van der Waals surface area contributed by atoms with Crippen molar-refractivity contribution in [1.82, 2.24) is 4.98 Å². The van der Waals surface area contributed by atoms with E-state index in [4.69, 9.17) is 21.5 Å². The third kappa shape index (κ3) is 3.87. The predicted molar refractivity (Wildman–Crippen MR) is 100 cm³/mol. The van der Waals surface area contributed by atoms with Gasteiger partial charge in [0.25, 0.3) is 0 Å². The molecule has 3 aromatic rings. The molecule has 0 aliphatic carbocycles. The highest BCUT2D eigenvalue weighted by Gasteiger charge is 2.20. The van der Waals surface area contributed by atoms with Gasteiger partial charge >= 0.3 is 5.97 Å². The van der Waals surface area contributed by atoms with Gasteiger partial charge in [-0.3, -0.25) is 4.79 Å². The van der Waals surface area contributed by atoms with Crippen molar-refractivity contribution in [2.75, 3.05) is 6.61 Å². The summed E-state index contributed by atoms with van der Waals surface area (Å²) in [5.41, 5.74) is 1.70. The van der Waals surface area contributed by atoms with E-state index in [9.17, 15) is 18.0 Å². The second-order valence-corrected chi connectivity index (χ2v) is 7.83. The van der Waals surface area contributed by atoms with Crippen LogP contribution in [0.4, 0.5) is 0 Å². The van der Waals surface area contributed by atoms with E-state index in [1.54, 1.807) is 19.1 Å². The highest BCUT2D eigenvalue weighted by molar-refractivity contribution is 7.89. The molecule has 2 aromatic carbocycles. The molecule has 0 amide bonds. The molecule has 0 unspecified atom stereocenters. The lowest BCUT2D eigenvalue weighted by molar-refractivity contribution is 0.0475. The summed E-state index contributed by atoms with van der Waals surface area (Å²) in [6, 6.07) is 10.7. The Balaban J connectivity index is 1.82. The fourth-order valence-corrected chi connectivity index (χ4v) is 3.49. The number of nitrogens with one attached hydrogen (secondary N) is 1. The highest BCUT2D eigenvalue weighted by Crippen LogP contribution is 2.23. The lowest BCUT2D eigenvalue weighted by Crippen LogP contribution is -2.17. The van der Waals surface area contributed by atoms with Crippen molar-refractivity contribution in [2.45, 2.75) is 11.8 Å². The number of halogens is 1. The molecule has 9 heteroatoms. The molecule has 0 spiro atoms. The average molecular weight is 407 g/mol. The number of sulfonamides is 1. The van der Waals surface area contributed by atoms with Gasteiger partial charge in [-0.15, -0.1) is 0 Å². The number of benzene rings is 2. The first-order chi connectivity index (χ1) is 12.7. The van der Waals surface area contributed by atoms with E-state index in [0.29, 0.717) is 11.3 Å². The number of aromatic amines is 1. The Morgan fingerprint density at radius 1 is 1.19 bits per heavy atom. The number of primary sulfonamides is 1. The zero-order chi connectivity index (χ0) is 19.8. The maximum Gasteiger partial charge on any atom is 0.340 e. The van der Waals surface area contributed by atoms with Crippen molar-refractivity contribution in [3.8, 4) is 0 Å². The summed E-state index contributed by atoms with van der Waals surface area (Å²) in [5, 5.41) is 5.77. The fraction of sp³-hybridized carbons (Fsp3) is 0.111. The number of rotatable bonds is 5. The topological polar surface area (TPSA) is 119 Å². The Bertz CT molecular complexity index is 1170. The second-order valence-electron chi connectivity index (χ2n) is 5.86. The van der Waals surface area contributed by atoms with Crippen LogP contribution in [0.3, 0.4) is 0 Å². The molecule has 0 aliphatic heterocycles. The van der Waals surface area contributed by atoms with Crippen LogP contribution in [-0.4, -0.2) is 31.8 Å². The zero-order valence-corrected chi connectivity index (χ0v) is 15.7. The van der Waals surface area contributed by atoms with Crippen molar-refractivity contribution in [2.24, 2.45) is 5.14 Å². The van der Waals surface area contributed by atoms with Gasteiger partial charge in [-0.25, -0.2) is 18.4 Å². The van der Waals surface area contributed by atoms with Crippen LogP contribution in [0.2, 0.25) is 5.02 Å². The van der Waals surface area contributed by atoms with Gasteiger partial charge in [-0.2, -0.15) is 0 Å². The van der Waals surface area contributed by atoms with Crippen LogP contribution in [0.25, 0.3) is 10.9 Å². The van der Waals surface area contributed by atoms with Crippen molar-refractivity contribution in [1.29, 1.82) is 0 Å². The number of ketones is 1. The molecule has 0 saturated carbocycles. The van der Waals surface area contributed by atoms with E-state index >= 15 is 0 Å². The standard InChI is InChI=1S/C18H15ClN2O5S/c1-10-17(12-4-2-3-5-15(12)21-10)16(22)9-26-18(23)13-8-11(27(20,24)25)6-7-14(13)19/h2-8,21H,9H2,1H3,(H2,20,24,25). The Hall–Kier alpha value is -2.68. The SMILES string of the molecule is Cc1[nH]c2ccccc2c1C(=O)COC(=O)c1cc(S(N)(=O)=O)ccc1Cl. The fourth-order valence-electron chi connectivity index (χ4n) is 2.75. The molecule has 27 heavy (non-hydrogen) atoms. The number of H-pyrrole nitrogens is 1. The van der Waals surface area contributed by atoms with Gasteiger partial charge in [0.15, 0.2) is 6.61 Å². The van der Waals surface area contributed by atoms with Crippen LogP contribution < -0.4 is 5.14 Å². The number of hydrogen-bond donors (Lipinski definition) is 2. The number of fused-ring (bicyclic) bond motifs is 1. The molecule has 7 nitrogen and oxygen atoms in total. The summed E-state index contributed by atoms with van der Waals surface area (Å²) in [5.74, 6) is -1.31. The monoisotopic (exact) mass is 406 g/mol. The minimum absolute atomic E-state index is 0.0110. The Morgan fingerprint density at radius 3 is 2.59 bits per heavy atom. The number of esters is 1. The van der Waals surface area contributed by atoms with Crippen molar-refractivity contribution < 1.29 is 22.7 Å². The quantitative estimate of drug-likeness (QED) is 0.498. The van der Waals surface area contributed by atoms with Crippen LogP contribution in [0.1, 0.15) is 26.4 Å². The van der Waals surface area contributed by atoms with Gasteiger partial charge in [0, 0.05) is 22.2 Å². The van der Waals surface area contributed by atoms with Crippen LogP contribution in [0.15, 0.2) is 47.4 Å². The molecule has 3 N–H and O–H groups in total. The Kier molecular flexibility index (Phi) is 5.05. The minimum Gasteiger partial charge on any atom is -0.454 e. The summed E-state index contributed by atoms with van der Waals surface area (Å²) in [6.07, 6.45) is 0. The van der Waals surface area contributed by atoms with E-state index in [1.165, 1.54) is 12.1 Å². The number of para-hydroxylation sites is 1. The van der Waals surface area contributed by atoms with Crippen molar-refractivity contribution in [3.63, 3.8) is 0 Å². The van der Waals surface area contributed by atoms with Gasteiger partial charge in [0.05, 0.1) is 15.5 Å². The minimum atomic E-state index is -4.01. The average Bonchev–Trinajstić information content (AvgIpc) is 2.94. The molecule has 3 rings (SSSR count). The van der Waals surface area contributed by atoms with Gasteiger partial charge in [-0.1, -0.05) is 29.8 Å². The van der Waals surface area contributed by atoms with Crippen LogP contribution in [0, 0.1) is 6.92 Å². The van der Waals surface area contributed by atoms with Crippen LogP contribution in [-0.2, 0) is 14.8 Å². The molecule has 0 bridgehead atoms. The maximum absolute atomic E-state index is 12.5. The highest BCUT2D eigenvalue weighted by atomic mass is 35.5. The summed E-state index contributed by atoms with van der Waals surface area (Å²) >= 11 is 5.93. The first-order valence-electron chi connectivity index (χ1n) is 7.78. The summed E-state index contributed by atoms with van der Waals surface area (Å²) in [7, 11) is -4.01. The molecule has 0 saturated heterocycles. The van der Waals surface area contributed by atoms with Gasteiger partial charge in [0.2, 0.25) is 15.8 Å². The first-order valence-corrected chi connectivity index (χ1v) is 9.71. The lowest BCUT2D eigenvalue weighted by atomic mass is 10.1. The molecule has 0 atom stereocenters. The van der Waals surface area contributed by atoms with E-state index < -0.39 is 28.4 Å². The number of nitrogens with two attached hydrogens (primary N) is 1. The molecule has 0 radical (unpaired) electrons. The number of ether oxygens (including phenoxy) is 1. The van der Waals surface area contributed by atoms with E-state index in [1.807, 2.05) is 12.1 Å². The van der Waals surface area contributed by atoms with Gasteiger partial charge < -0.3 is 9.72 Å². The molecule has 0 aliphatic rings. The van der Waals surface area contributed by atoms with Gasteiger partial charge in [0.1, 0.15) is 0 Å². The number of aryl methyl sites for hydroxylation is 1. The molecule has 0 fully saturated rings. The number of Topliss-reactive ketones (excluding diaryl/α,β-unsaturated/α-hetero) is 1. The van der Waals surface area contributed by atoms with Crippen molar-refractivity contribution >= 4 is 44.3 Å². The van der Waals surface area contributed by atoms with Gasteiger partial charge in [-0.05, 0) is 31.2 Å². The van der Waals surface area contributed by atoms with E-state index in [0.717, 1.165) is 17.0 Å². The first kappa shape index (κ1) is 19.1. The molecule has 1 heterocycles. The zero-order valence-electron chi connectivity index (χ0n) is 14.2. The molecule has 1 aromatic heterocycles. The molecular formula is C18H15ClN2O5S. The summed E-state index contributed by atoms with van der Waals surface area (Å²) in [4.78, 5) is 27.6. The predicted octanol–water partition coefficient (Wildman–Crippen LogP) is 2.82. The van der Waals surface area contributed by atoms with E-state index in [2.05, 4.69) is 4.98 Å². The third-order valence-electron chi connectivity index (χ3n) is 3.99. The van der Waals surface area contributed by atoms with E-state index in [-0.39, 0.29) is 15.5 Å². The number of hydrogen-bond acceptors (Lipinski definition) is 5. The normalized spacial score (nSPS) is 11.5. The summed E-state index contributed by atoms with van der Waals surface area (Å²) in [6.45, 7) is 1.24. The number of carbonyl (C=O) groups excluding carboxylic acids is 2. The van der Waals surface area contributed by atoms with Crippen LogP contribution in [0.5, 0.6) is 0 Å².